The van der Waals surface area contributed by atoms with Gasteiger partial charge in [-0.2, -0.15) is 0 Å². The number of hydrogen-bond acceptors (Lipinski definition) is 4. The van der Waals surface area contributed by atoms with Crippen LogP contribution in [0.15, 0.2) is 24.5 Å². The molecule has 2 bridgehead atoms. The highest BCUT2D eigenvalue weighted by Crippen LogP contribution is 2.32. The molecule has 5 heteroatoms. The second-order valence-corrected chi connectivity index (χ2v) is 7.65. The summed E-state index contributed by atoms with van der Waals surface area (Å²) in [7, 11) is 0. The first kappa shape index (κ1) is 16.2. The normalized spacial score (nSPS) is 25.3. The smallest absolute Gasteiger partial charge is 0.410 e. The van der Waals surface area contributed by atoms with E-state index in [1.54, 1.807) is 0 Å². The van der Waals surface area contributed by atoms with Gasteiger partial charge in [0.15, 0.2) is 0 Å². The van der Waals surface area contributed by atoms with Crippen LogP contribution in [0.2, 0.25) is 0 Å². The van der Waals surface area contributed by atoms with Crippen LogP contribution in [0.3, 0.4) is 0 Å². The first-order valence-electron chi connectivity index (χ1n) is 8.55. The average molecular weight is 317 g/mol. The molecular weight excluding hydrogens is 290 g/mol. The van der Waals surface area contributed by atoms with E-state index in [1.807, 2.05) is 38.1 Å². The van der Waals surface area contributed by atoms with Gasteiger partial charge in [0.25, 0.3) is 0 Å². The lowest BCUT2D eigenvalue weighted by molar-refractivity contribution is 0.0153. The molecule has 0 spiro atoms. The lowest BCUT2D eigenvalue weighted by Gasteiger charge is -2.31. The van der Waals surface area contributed by atoms with Gasteiger partial charge in [0.05, 0.1) is 0 Å². The summed E-state index contributed by atoms with van der Waals surface area (Å²) in [6.45, 7) is 8.68. The Morgan fingerprint density at radius 2 is 1.91 bits per heavy atom. The first-order chi connectivity index (χ1) is 10.9. The summed E-state index contributed by atoms with van der Waals surface area (Å²) in [6.07, 6.45) is 6.75. The van der Waals surface area contributed by atoms with E-state index in [1.165, 1.54) is 5.56 Å². The average Bonchev–Trinajstić information content (AvgIpc) is 2.76. The molecule has 2 aliphatic heterocycles. The maximum atomic E-state index is 12.6. The molecule has 5 nitrogen and oxygen atoms in total. The van der Waals surface area contributed by atoms with Gasteiger partial charge in [-0.05, 0) is 57.7 Å². The third-order valence-electron chi connectivity index (χ3n) is 4.63. The number of rotatable bonds is 2. The maximum Gasteiger partial charge on any atom is 0.410 e. The number of carbonyl (C=O) groups is 1. The Morgan fingerprint density at radius 1 is 1.22 bits per heavy atom. The van der Waals surface area contributed by atoms with Gasteiger partial charge in [0, 0.05) is 44.1 Å². The molecule has 0 radical (unpaired) electrons. The molecule has 1 aromatic rings. The first-order valence-corrected chi connectivity index (χ1v) is 8.55. The van der Waals surface area contributed by atoms with E-state index in [-0.39, 0.29) is 12.1 Å². The second kappa shape index (κ2) is 6.48. The van der Waals surface area contributed by atoms with Crippen LogP contribution in [-0.4, -0.2) is 51.7 Å². The molecule has 0 aliphatic carbocycles. The lowest BCUT2D eigenvalue weighted by atomic mass is 10.1. The van der Waals surface area contributed by atoms with E-state index in [0.717, 1.165) is 38.9 Å². The van der Waals surface area contributed by atoms with Crippen LogP contribution in [0.4, 0.5) is 4.79 Å². The number of ether oxygens (including phenoxy) is 1. The fourth-order valence-corrected chi connectivity index (χ4v) is 3.65. The molecule has 3 rings (SSSR count). The zero-order valence-electron chi connectivity index (χ0n) is 14.4. The number of fused-ring (bicyclic) bond motifs is 2. The summed E-state index contributed by atoms with van der Waals surface area (Å²) in [4.78, 5) is 21.1. The Morgan fingerprint density at radius 3 is 2.61 bits per heavy atom. The van der Waals surface area contributed by atoms with Crippen LogP contribution >= 0.6 is 0 Å². The van der Waals surface area contributed by atoms with Crippen molar-refractivity contribution in [3.05, 3.63) is 30.1 Å². The van der Waals surface area contributed by atoms with Crippen molar-refractivity contribution in [3.8, 4) is 0 Å². The summed E-state index contributed by atoms with van der Waals surface area (Å²) in [6, 6.07) is 4.74. The molecule has 126 valence electrons. The Kier molecular flexibility index (Phi) is 4.57. The summed E-state index contributed by atoms with van der Waals surface area (Å²) in [5, 5.41) is 0. The van der Waals surface area contributed by atoms with Gasteiger partial charge >= 0.3 is 6.09 Å². The highest BCUT2D eigenvalue weighted by Gasteiger charge is 2.41. The highest BCUT2D eigenvalue weighted by atomic mass is 16.6. The number of aromatic nitrogens is 1. The number of nitrogens with zero attached hydrogens (tertiary/aromatic N) is 3. The Labute approximate surface area is 138 Å². The number of amides is 1. The lowest BCUT2D eigenvalue weighted by Crippen LogP contribution is -2.45. The fourth-order valence-electron chi connectivity index (χ4n) is 3.65. The molecule has 2 atom stereocenters. The Balaban J connectivity index is 1.66. The molecule has 0 aromatic carbocycles. The Hall–Kier alpha value is -1.62. The molecule has 1 amide bonds. The van der Waals surface area contributed by atoms with Crippen molar-refractivity contribution in [2.45, 2.75) is 64.3 Å². The summed E-state index contributed by atoms with van der Waals surface area (Å²) in [5.74, 6) is 0. The molecule has 0 N–H and O–H groups in total. The van der Waals surface area contributed by atoms with E-state index < -0.39 is 5.60 Å². The van der Waals surface area contributed by atoms with Crippen LogP contribution < -0.4 is 0 Å². The third-order valence-corrected chi connectivity index (χ3v) is 4.63. The van der Waals surface area contributed by atoms with E-state index >= 15 is 0 Å². The van der Waals surface area contributed by atoms with E-state index in [2.05, 4.69) is 22.0 Å². The number of hydrogen-bond donors (Lipinski definition) is 0. The largest absolute Gasteiger partial charge is 0.444 e. The highest BCUT2D eigenvalue weighted by molar-refractivity contribution is 5.69. The topological polar surface area (TPSA) is 45.7 Å². The monoisotopic (exact) mass is 317 g/mol. The van der Waals surface area contributed by atoms with Gasteiger partial charge in [0.2, 0.25) is 0 Å². The van der Waals surface area contributed by atoms with Crippen LogP contribution in [0, 0.1) is 0 Å². The molecule has 2 saturated heterocycles. The molecular formula is C18H27N3O2. The van der Waals surface area contributed by atoms with Gasteiger partial charge in [-0.25, -0.2) is 4.79 Å². The Bertz CT molecular complexity index is 541. The zero-order valence-corrected chi connectivity index (χ0v) is 14.4. The standard InChI is InChI=1S/C18H27N3O2/c1-18(2,3)23-17(22)21-15-4-5-16(21)13-20(11-8-15)12-14-6-9-19-10-7-14/h6-7,9-10,15-16H,4-5,8,11-13H2,1-3H3/t15-,16-/m0/s1. The SMILES string of the molecule is CC(C)(C)OC(=O)N1[C@H]2CC[C@H]1CN(Cc1ccncc1)CC2. The minimum atomic E-state index is -0.431. The second-order valence-electron chi connectivity index (χ2n) is 7.65. The molecule has 0 saturated carbocycles. The van der Waals surface area contributed by atoms with Crippen molar-refractivity contribution >= 4 is 6.09 Å². The van der Waals surface area contributed by atoms with Gasteiger partial charge in [-0.15, -0.1) is 0 Å². The third kappa shape index (κ3) is 4.02. The summed E-state index contributed by atoms with van der Waals surface area (Å²) in [5.41, 5.74) is 0.848. The van der Waals surface area contributed by atoms with Crippen molar-refractivity contribution in [2.75, 3.05) is 13.1 Å². The summed E-state index contributed by atoms with van der Waals surface area (Å²) < 4.78 is 5.63. The molecule has 0 unspecified atom stereocenters. The predicted molar refractivity (Wildman–Crippen MR) is 89.0 cm³/mol. The van der Waals surface area contributed by atoms with E-state index in [9.17, 15) is 4.79 Å². The van der Waals surface area contributed by atoms with Crippen LogP contribution in [0.5, 0.6) is 0 Å². The van der Waals surface area contributed by atoms with Crippen molar-refractivity contribution < 1.29 is 9.53 Å². The fraction of sp³-hybridized carbons (Fsp3) is 0.667. The maximum absolute atomic E-state index is 12.6. The summed E-state index contributed by atoms with van der Waals surface area (Å²) >= 11 is 0. The van der Waals surface area contributed by atoms with Crippen molar-refractivity contribution in [1.29, 1.82) is 0 Å². The van der Waals surface area contributed by atoms with Crippen molar-refractivity contribution in [3.63, 3.8) is 0 Å². The van der Waals surface area contributed by atoms with Crippen LogP contribution in [-0.2, 0) is 11.3 Å². The van der Waals surface area contributed by atoms with Crippen molar-refractivity contribution in [2.24, 2.45) is 0 Å². The predicted octanol–water partition coefficient (Wildman–Crippen LogP) is 3.06. The van der Waals surface area contributed by atoms with Crippen LogP contribution in [0.25, 0.3) is 0 Å². The molecule has 23 heavy (non-hydrogen) atoms. The van der Waals surface area contributed by atoms with Crippen molar-refractivity contribution in [1.82, 2.24) is 14.8 Å². The quantitative estimate of drug-likeness (QED) is 0.841. The molecule has 3 heterocycles. The minimum Gasteiger partial charge on any atom is -0.444 e. The van der Waals surface area contributed by atoms with E-state index in [0.29, 0.717) is 6.04 Å². The zero-order chi connectivity index (χ0) is 16.4. The minimum absolute atomic E-state index is 0.143. The number of carbonyl (C=O) groups excluding carboxylic acids is 1. The molecule has 2 aliphatic rings. The number of pyridine rings is 1. The van der Waals surface area contributed by atoms with Crippen LogP contribution in [0.1, 0.15) is 45.6 Å². The molecule has 2 fully saturated rings. The number of likely N-dealkylation sites (tertiary alicyclic amines) is 1. The molecule has 1 aromatic heterocycles. The van der Waals surface area contributed by atoms with Gasteiger partial charge in [-0.3, -0.25) is 9.88 Å². The van der Waals surface area contributed by atoms with Gasteiger partial charge in [-0.1, -0.05) is 0 Å². The van der Waals surface area contributed by atoms with E-state index in [4.69, 9.17) is 4.74 Å². The van der Waals surface area contributed by atoms with Gasteiger partial charge in [0.1, 0.15) is 5.60 Å². The van der Waals surface area contributed by atoms with Gasteiger partial charge < -0.3 is 9.64 Å².